The van der Waals surface area contributed by atoms with Crippen LogP contribution in [0.4, 0.5) is 0 Å². The zero-order valence-corrected chi connectivity index (χ0v) is 16.1. The van der Waals surface area contributed by atoms with Crippen molar-refractivity contribution in [1.82, 2.24) is 4.57 Å². The molecule has 0 aliphatic rings. The highest BCUT2D eigenvalue weighted by atomic mass is 35.5. The summed E-state index contributed by atoms with van der Waals surface area (Å²) in [6, 6.07) is 12.3. The van der Waals surface area contributed by atoms with Gasteiger partial charge in [0.25, 0.3) is 5.91 Å². The second-order valence-electron chi connectivity index (χ2n) is 6.28. The van der Waals surface area contributed by atoms with Crippen molar-refractivity contribution in [3.63, 3.8) is 0 Å². The summed E-state index contributed by atoms with van der Waals surface area (Å²) in [7, 11) is 1.50. The first-order valence-corrected chi connectivity index (χ1v) is 9.00. The van der Waals surface area contributed by atoms with E-state index >= 15 is 0 Å². The Bertz CT molecular complexity index is 1020. The van der Waals surface area contributed by atoms with Crippen LogP contribution in [0.5, 0.6) is 5.75 Å². The fraction of sp³-hybridized carbons (Fsp3) is 0.238. The highest BCUT2D eigenvalue weighted by molar-refractivity contribution is 6.37. The molecule has 3 rings (SSSR count). The number of fused-ring (bicyclic) bond motifs is 1. The second-order valence-corrected chi connectivity index (χ2v) is 6.66. The molecule has 0 saturated carbocycles. The summed E-state index contributed by atoms with van der Waals surface area (Å²) in [6.45, 7) is 3.55. The number of rotatable bonds is 5. The summed E-state index contributed by atoms with van der Waals surface area (Å²) >= 11 is 6.55. The molecule has 0 spiro atoms. The zero-order valence-electron chi connectivity index (χ0n) is 15.3. The summed E-state index contributed by atoms with van der Waals surface area (Å²) in [6.07, 6.45) is 0.377. The third-order valence-electron chi connectivity index (χ3n) is 4.82. The number of aromatic nitrogens is 1. The van der Waals surface area contributed by atoms with Gasteiger partial charge in [0.2, 0.25) is 0 Å². The molecule has 1 heterocycles. The molecule has 0 bridgehead atoms. The van der Waals surface area contributed by atoms with Crippen molar-refractivity contribution in [1.29, 1.82) is 0 Å². The minimum atomic E-state index is -0.953. The maximum absolute atomic E-state index is 13.2. The van der Waals surface area contributed by atoms with E-state index in [0.29, 0.717) is 44.9 Å². The topological polar surface area (TPSA) is 68.5 Å². The molecule has 0 fully saturated rings. The maximum atomic E-state index is 13.2. The van der Waals surface area contributed by atoms with Gasteiger partial charge in [-0.1, -0.05) is 36.7 Å². The largest absolute Gasteiger partial charge is 0.495 e. The van der Waals surface area contributed by atoms with Crippen LogP contribution in [0.15, 0.2) is 42.5 Å². The van der Waals surface area contributed by atoms with Crippen LogP contribution in [-0.4, -0.2) is 28.7 Å². The number of benzene rings is 2. The lowest BCUT2D eigenvalue weighted by Gasteiger charge is -2.12. The lowest BCUT2D eigenvalue weighted by Crippen LogP contribution is -2.16. The Morgan fingerprint density at radius 3 is 2.41 bits per heavy atom. The zero-order chi connectivity index (χ0) is 19.7. The van der Waals surface area contributed by atoms with Crippen LogP contribution in [0.1, 0.15) is 40.9 Å². The van der Waals surface area contributed by atoms with Gasteiger partial charge in [-0.3, -0.25) is 14.2 Å². The van der Waals surface area contributed by atoms with Crippen LogP contribution >= 0.6 is 11.6 Å². The van der Waals surface area contributed by atoms with Crippen LogP contribution in [0.25, 0.3) is 10.9 Å². The molecule has 0 saturated heterocycles. The van der Waals surface area contributed by atoms with Crippen LogP contribution < -0.4 is 4.74 Å². The number of carboxylic acid groups (broad SMARTS) is 1. The van der Waals surface area contributed by atoms with Crippen molar-refractivity contribution < 1.29 is 19.4 Å². The van der Waals surface area contributed by atoms with Crippen LogP contribution in [0.2, 0.25) is 5.02 Å². The van der Waals surface area contributed by atoms with E-state index in [0.717, 1.165) is 0 Å². The number of hydrogen-bond acceptors (Lipinski definition) is 3. The average Bonchev–Trinajstić information content (AvgIpc) is 2.95. The molecule has 3 aromatic rings. The van der Waals surface area contributed by atoms with E-state index in [1.165, 1.54) is 11.7 Å². The van der Waals surface area contributed by atoms with Crippen molar-refractivity contribution in [2.75, 3.05) is 7.11 Å². The average molecular weight is 386 g/mol. The van der Waals surface area contributed by atoms with E-state index in [9.17, 15) is 14.7 Å². The highest BCUT2D eigenvalue weighted by Crippen LogP contribution is 2.42. The molecule has 0 amide bonds. The minimum Gasteiger partial charge on any atom is -0.495 e. The molecule has 1 N–H and O–H groups in total. The standard InChI is InChI=1S/C21H20ClNO4/c1-4-14(21(25)26)17-12(2)23(20(24)13-8-6-5-7-9-13)15-10-11-16(27-3)19(22)18(15)17/h5-11,14H,4H2,1-3H3,(H,25,26). The van der Waals surface area contributed by atoms with Crippen LogP contribution in [0.3, 0.4) is 0 Å². The van der Waals surface area contributed by atoms with Gasteiger partial charge in [-0.05, 0) is 43.2 Å². The monoisotopic (exact) mass is 385 g/mol. The van der Waals surface area contributed by atoms with Gasteiger partial charge in [0.1, 0.15) is 5.75 Å². The summed E-state index contributed by atoms with van der Waals surface area (Å²) in [5.74, 6) is -1.52. The number of aliphatic carboxylic acids is 1. The smallest absolute Gasteiger partial charge is 0.311 e. The van der Waals surface area contributed by atoms with E-state index < -0.39 is 11.9 Å². The highest BCUT2D eigenvalue weighted by Gasteiger charge is 2.30. The lowest BCUT2D eigenvalue weighted by molar-refractivity contribution is -0.138. The molecule has 1 unspecified atom stereocenters. The van der Waals surface area contributed by atoms with Crippen molar-refractivity contribution in [2.45, 2.75) is 26.2 Å². The fourth-order valence-corrected chi connectivity index (χ4v) is 3.87. The summed E-state index contributed by atoms with van der Waals surface area (Å²) in [5, 5.41) is 10.6. The van der Waals surface area contributed by atoms with E-state index in [4.69, 9.17) is 16.3 Å². The number of halogens is 1. The van der Waals surface area contributed by atoms with Crippen molar-refractivity contribution in [3.8, 4) is 5.75 Å². The molecule has 27 heavy (non-hydrogen) atoms. The molecular weight excluding hydrogens is 366 g/mol. The van der Waals surface area contributed by atoms with E-state index in [1.54, 1.807) is 50.2 Å². The summed E-state index contributed by atoms with van der Waals surface area (Å²) < 4.78 is 6.84. The van der Waals surface area contributed by atoms with Crippen molar-refractivity contribution in [3.05, 3.63) is 64.3 Å². The predicted molar refractivity (Wildman–Crippen MR) is 105 cm³/mol. The third-order valence-corrected chi connectivity index (χ3v) is 5.19. The van der Waals surface area contributed by atoms with Gasteiger partial charge >= 0.3 is 5.97 Å². The fourth-order valence-electron chi connectivity index (χ4n) is 3.53. The minimum absolute atomic E-state index is 0.231. The quantitative estimate of drug-likeness (QED) is 0.679. The second kappa shape index (κ2) is 7.45. The van der Waals surface area contributed by atoms with Gasteiger partial charge in [-0.2, -0.15) is 0 Å². The number of nitrogens with zero attached hydrogens (tertiary/aromatic N) is 1. The first kappa shape index (κ1) is 19.0. The molecule has 1 atom stereocenters. The van der Waals surface area contributed by atoms with Gasteiger partial charge in [-0.25, -0.2) is 0 Å². The molecule has 0 radical (unpaired) electrons. The van der Waals surface area contributed by atoms with Gasteiger partial charge in [0, 0.05) is 16.6 Å². The number of carbonyl (C=O) groups is 2. The Hall–Kier alpha value is -2.79. The van der Waals surface area contributed by atoms with E-state index in [-0.39, 0.29) is 5.91 Å². The normalized spacial score (nSPS) is 12.1. The Kier molecular flexibility index (Phi) is 5.24. The number of carbonyl (C=O) groups excluding carboxylic acids is 1. The van der Waals surface area contributed by atoms with E-state index in [2.05, 4.69) is 0 Å². The van der Waals surface area contributed by atoms with Gasteiger partial charge in [0.05, 0.1) is 23.6 Å². The number of hydrogen-bond donors (Lipinski definition) is 1. The molecule has 1 aromatic heterocycles. The Labute approximate surface area is 162 Å². The molecule has 0 aliphatic carbocycles. The van der Waals surface area contributed by atoms with Crippen LogP contribution in [-0.2, 0) is 4.79 Å². The summed E-state index contributed by atoms with van der Waals surface area (Å²) in [5.41, 5.74) is 2.21. The Morgan fingerprint density at radius 1 is 1.19 bits per heavy atom. The first-order chi connectivity index (χ1) is 12.9. The van der Waals surface area contributed by atoms with Gasteiger partial charge < -0.3 is 9.84 Å². The van der Waals surface area contributed by atoms with Gasteiger partial charge in [0.15, 0.2) is 0 Å². The lowest BCUT2D eigenvalue weighted by atomic mass is 9.93. The third kappa shape index (κ3) is 3.08. The van der Waals surface area contributed by atoms with Crippen molar-refractivity contribution >= 4 is 34.4 Å². The van der Waals surface area contributed by atoms with E-state index in [1.807, 2.05) is 6.07 Å². The molecule has 6 heteroatoms. The maximum Gasteiger partial charge on any atom is 0.311 e. The molecular formula is C21H20ClNO4. The molecule has 140 valence electrons. The van der Waals surface area contributed by atoms with Crippen molar-refractivity contribution in [2.24, 2.45) is 0 Å². The summed E-state index contributed by atoms with van der Waals surface area (Å²) in [4.78, 5) is 25.1. The SMILES string of the molecule is CCC(C(=O)O)c1c(C)n(C(=O)c2ccccc2)c2ccc(OC)c(Cl)c12. The Balaban J connectivity index is 2.39. The number of ether oxygens (including phenoxy) is 1. The van der Waals surface area contributed by atoms with Crippen LogP contribution in [0, 0.1) is 6.92 Å². The molecule has 5 nitrogen and oxygen atoms in total. The van der Waals surface area contributed by atoms with Gasteiger partial charge in [-0.15, -0.1) is 0 Å². The Morgan fingerprint density at radius 2 is 1.85 bits per heavy atom. The number of carboxylic acids is 1. The first-order valence-electron chi connectivity index (χ1n) is 8.62. The molecule has 2 aromatic carbocycles. The molecule has 0 aliphatic heterocycles. The number of methoxy groups -OCH3 is 1. The predicted octanol–water partition coefficient (Wildman–Crippen LogP) is 4.88.